The van der Waals surface area contributed by atoms with Crippen molar-refractivity contribution in [2.75, 3.05) is 33.4 Å². The molecule has 4 heteroatoms. The van der Waals surface area contributed by atoms with Gasteiger partial charge in [0.05, 0.1) is 0 Å². The van der Waals surface area contributed by atoms with Gasteiger partial charge in [-0.1, -0.05) is 0 Å². The number of rotatable bonds is 5. The average Bonchev–Trinajstić information content (AvgIpc) is 2.64. The third-order valence-electron chi connectivity index (χ3n) is 2.34. The normalized spacial score (nSPS) is 21.8. The summed E-state index contributed by atoms with van der Waals surface area (Å²) in [6, 6.07) is 0. The van der Waals surface area contributed by atoms with Crippen LogP contribution in [0.15, 0.2) is 0 Å². The molecule has 1 unspecified atom stereocenters. The molecule has 0 aliphatic carbocycles. The van der Waals surface area contributed by atoms with E-state index < -0.39 is 0 Å². The Labute approximate surface area is 79.0 Å². The van der Waals surface area contributed by atoms with Crippen LogP contribution in [0.2, 0.25) is 0 Å². The number of nitrogens with one attached hydrogen (secondary N) is 2. The molecule has 0 bridgehead atoms. The van der Waals surface area contributed by atoms with Gasteiger partial charge >= 0.3 is 0 Å². The molecule has 0 aromatic rings. The van der Waals surface area contributed by atoms with Gasteiger partial charge in [-0.05, 0) is 31.8 Å². The maximum Gasteiger partial charge on any atom is 0.245 e. The number of ether oxygens (including phenoxy) is 1. The fourth-order valence-corrected chi connectivity index (χ4v) is 1.45. The topological polar surface area (TPSA) is 50.4 Å². The molecule has 1 amide bonds. The summed E-state index contributed by atoms with van der Waals surface area (Å²) >= 11 is 0. The predicted octanol–water partition coefficient (Wildman–Crippen LogP) is -0.251. The quantitative estimate of drug-likeness (QED) is 0.582. The fraction of sp³-hybridized carbons (Fsp3) is 0.889. The Morgan fingerprint density at radius 1 is 1.69 bits per heavy atom. The van der Waals surface area contributed by atoms with Gasteiger partial charge in [0.25, 0.3) is 0 Å². The molecule has 0 aromatic heterocycles. The van der Waals surface area contributed by atoms with Crippen LogP contribution < -0.4 is 10.6 Å². The highest BCUT2D eigenvalue weighted by atomic mass is 16.5. The van der Waals surface area contributed by atoms with Crippen LogP contribution in [0.4, 0.5) is 0 Å². The third kappa shape index (κ3) is 4.24. The van der Waals surface area contributed by atoms with E-state index in [4.69, 9.17) is 4.74 Å². The highest BCUT2D eigenvalue weighted by Gasteiger charge is 2.13. The van der Waals surface area contributed by atoms with Crippen molar-refractivity contribution < 1.29 is 9.53 Å². The number of carbonyl (C=O) groups excluding carboxylic acids is 1. The summed E-state index contributed by atoms with van der Waals surface area (Å²) in [5, 5.41) is 5.82. The van der Waals surface area contributed by atoms with Crippen LogP contribution in [0.1, 0.15) is 12.8 Å². The predicted molar refractivity (Wildman–Crippen MR) is 50.5 cm³/mol. The number of likely N-dealkylation sites (N-methyl/N-ethyl adjacent to an activating group) is 1. The standard InChI is InChI=1S/C9H18N2O2/c1-10-9(12)7-13-5-3-8-2-4-11-6-8/h8,11H,2-7H2,1H3,(H,10,12). The number of hydrogen-bond donors (Lipinski definition) is 2. The lowest BCUT2D eigenvalue weighted by Gasteiger charge is -2.07. The minimum absolute atomic E-state index is 0.0513. The molecular formula is C9H18N2O2. The summed E-state index contributed by atoms with van der Waals surface area (Å²) in [6.07, 6.45) is 2.30. The first kappa shape index (κ1) is 10.5. The van der Waals surface area contributed by atoms with Crippen molar-refractivity contribution >= 4 is 5.91 Å². The molecule has 0 aromatic carbocycles. The zero-order chi connectivity index (χ0) is 9.52. The van der Waals surface area contributed by atoms with Crippen molar-refractivity contribution in [1.82, 2.24) is 10.6 Å². The van der Waals surface area contributed by atoms with Crippen LogP contribution in [0.3, 0.4) is 0 Å². The van der Waals surface area contributed by atoms with Crippen LogP contribution in [0.5, 0.6) is 0 Å². The summed E-state index contributed by atoms with van der Waals surface area (Å²) < 4.78 is 5.21. The summed E-state index contributed by atoms with van der Waals surface area (Å²) in [5.41, 5.74) is 0. The molecule has 13 heavy (non-hydrogen) atoms. The van der Waals surface area contributed by atoms with Crippen molar-refractivity contribution in [3.8, 4) is 0 Å². The van der Waals surface area contributed by atoms with Gasteiger partial charge in [0.1, 0.15) is 6.61 Å². The maximum absolute atomic E-state index is 10.8. The van der Waals surface area contributed by atoms with Gasteiger partial charge in [-0.15, -0.1) is 0 Å². The Balaban J connectivity index is 1.91. The lowest BCUT2D eigenvalue weighted by molar-refractivity contribution is -0.125. The average molecular weight is 186 g/mol. The fourth-order valence-electron chi connectivity index (χ4n) is 1.45. The van der Waals surface area contributed by atoms with E-state index in [1.807, 2.05) is 0 Å². The molecule has 2 N–H and O–H groups in total. The van der Waals surface area contributed by atoms with Gasteiger partial charge in [0, 0.05) is 13.7 Å². The molecule has 1 aliphatic heterocycles. The Bertz CT molecular complexity index is 156. The smallest absolute Gasteiger partial charge is 0.245 e. The lowest BCUT2D eigenvalue weighted by Crippen LogP contribution is -2.24. The van der Waals surface area contributed by atoms with Gasteiger partial charge in [0.15, 0.2) is 0 Å². The Morgan fingerprint density at radius 3 is 3.15 bits per heavy atom. The van der Waals surface area contributed by atoms with Crippen molar-refractivity contribution in [3.05, 3.63) is 0 Å². The van der Waals surface area contributed by atoms with Gasteiger partial charge in [-0.2, -0.15) is 0 Å². The summed E-state index contributed by atoms with van der Waals surface area (Å²) in [5.74, 6) is 0.689. The second-order valence-corrected chi connectivity index (χ2v) is 3.37. The molecule has 1 aliphatic rings. The summed E-state index contributed by atoms with van der Waals surface area (Å²) in [4.78, 5) is 10.8. The lowest BCUT2D eigenvalue weighted by atomic mass is 10.1. The van der Waals surface area contributed by atoms with E-state index in [0.717, 1.165) is 25.4 Å². The van der Waals surface area contributed by atoms with Crippen molar-refractivity contribution in [3.63, 3.8) is 0 Å². The van der Waals surface area contributed by atoms with Crippen LogP contribution >= 0.6 is 0 Å². The number of hydrogen-bond acceptors (Lipinski definition) is 3. The zero-order valence-electron chi connectivity index (χ0n) is 8.14. The van der Waals surface area contributed by atoms with E-state index in [1.54, 1.807) is 7.05 Å². The molecular weight excluding hydrogens is 168 g/mol. The zero-order valence-corrected chi connectivity index (χ0v) is 8.14. The maximum atomic E-state index is 10.8. The van der Waals surface area contributed by atoms with Crippen LogP contribution in [-0.4, -0.2) is 39.3 Å². The van der Waals surface area contributed by atoms with E-state index >= 15 is 0 Å². The summed E-state index contributed by atoms with van der Waals surface area (Å²) in [6.45, 7) is 3.11. The highest BCUT2D eigenvalue weighted by Crippen LogP contribution is 2.11. The molecule has 1 fully saturated rings. The first-order valence-electron chi connectivity index (χ1n) is 4.82. The molecule has 0 saturated carbocycles. The minimum Gasteiger partial charge on any atom is -0.372 e. The molecule has 76 valence electrons. The molecule has 1 saturated heterocycles. The van der Waals surface area contributed by atoms with Crippen LogP contribution in [-0.2, 0) is 9.53 Å². The van der Waals surface area contributed by atoms with E-state index in [9.17, 15) is 4.79 Å². The van der Waals surface area contributed by atoms with Gasteiger partial charge < -0.3 is 15.4 Å². The SMILES string of the molecule is CNC(=O)COCCC1CCNC1. The molecule has 1 rings (SSSR count). The van der Waals surface area contributed by atoms with Gasteiger partial charge in [-0.25, -0.2) is 0 Å². The number of amides is 1. The molecule has 0 radical (unpaired) electrons. The van der Waals surface area contributed by atoms with Gasteiger partial charge in [0.2, 0.25) is 5.91 Å². The van der Waals surface area contributed by atoms with E-state index in [1.165, 1.54) is 6.42 Å². The molecule has 0 spiro atoms. The highest BCUT2D eigenvalue weighted by molar-refractivity contribution is 5.76. The Morgan fingerprint density at radius 2 is 2.54 bits per heavy atom. The van der Waals surface area contributed by atoms with Crippen LogP contribution in [0, 0.1) is 5.92 Å². The molecule has 4 nitrogen and oxygen atoms in total. The van der Waals surface area contributed by atoms with Crippen molar-refractivity contribution in [1.29, 1.82) is 0 Å². The molecule has 1 atom stereocenters. The van der Waals surface area contributed by atoms with E-state index in [2.05, 4.69) is 10.6 Å². The minimum atomic E-state index is -0.0513. The van der Waals surface area contributed by atoms with Crippen LogP contribution in [0.25, 0.3) is 0 Å². The summed E-state index contributed by atoms with van der Waals surface area (Å²) in [7, 11) is 1.62. The Hall–Kier alpha value is -0.610. The molecule has 1 heterocycles. The third-order valence-corrected chi connectivity index (χ3v) is 2.34. The Kier molecular flexibility index (Phi) is 4.78. The van der Waals surface area contributed by atoms with Crippen molar-refractivity contribution in [2.45, 2.75) is 12.8 Å². The van der Waals surface area contributed by atoms with Gasteiger partial charge in [-0.3, -0.25) is 4.79 Å². The largest absolute Gasteiger partial charge is 0.372 e. The first-order chi connectivity index (χ1) is 6.33. The monoisotopic (exact) mass is 186 g/mol. The first-order valence-corrected chi connectivity index (χ1v) is 4.82. The second-order valence-electron chi connectivity index (χ2n) is 3.37. The van der Waals surface area contributed by atoms with E-state index in [0.29, 0.717) is 6.61 Å². The van der Waals surface area contributed by atoms with Crippen molar-refractivity contribution in [2.24, 2.45) is 5.92 Å². The number of carbonyl (C=O) groups is 1. The van der Waals surface area contributed by atoms with E-state index in [-0.39, 0.29) is 12.5 Å². The second kappa shape index (κ2) is 5.94.